The van der Waals surface area contributed by atoms with Crippen LogP contribution in [0.5, 0.6) is 0 Å². The minimum absolute atomic E-state index is 0.163. The van der Waals surface area contributed by atoms with Crippen LogP contribution in [0, 0.1) is 6.92 Å². The van der Waals surface area contributed by atoms with Gasteiger partial charge in [0.1, 0.15) is 11.6 Å². The van der Waals surface area contributed by atoms with Crippen LogP contribution in [0.25, 0.3) is 0 Å². The van der Waals surface area contributed by atoms with E-state index in [0.29, 0.717) is 24.4 Å². The van der Waals surface area contributed by atoms with E-state index in [1.54, 1.807) is 25.5 Å². The van der Waals surface area contributed by atoms with Crippen molar-refractivity contribution in [1.29, 1.82) is 0 Å². The SMILES string of the molecule is Cc1ncc(C(=O)NCC2(O)CCCN(c3cnccn3)C2)cn1. The molecule has 3 heterocycles. The molecule has 1 atom stereocenters. The highest BCUT2D eigenvalue weighted by Crippen LogP contribution is 2.24. The normalized spacial score (nSPS) is 20.7. The lowest BCUT2D eigenvalue weighted by Gasteiger charge is -2.39. The van der Waals surface area contributed by atoms with Crippen molar-refractivity contribution in [2.24, 2.45) is 0 Å². The van der Waals surface area contributed by atoms with Gasteiger partial charge in [0.2, 0.25) is 0 Å². The van der Waals surface area contributed by atoms with E-state index in [1.807, 2.05) is 4.90 Å². The van der Waals surface area contributed by atoms with Gasteiger partial charge in [-0.3, -0.25) is 9.78 Å². The van der Waals surface area contributed by atoms with Crippen molar-refractivity contribution >= 4 is 11.7 Å². The second-order valence-corrected chi connectivity index (χ2v) is 6.01. The van der Waals surface area contributed by atoms with E-state index in [2.05, 4.69) is 25.3 Å². The Labute approximate surface area is 140 Å². The van der Waals surface area contributed by atoms with Gasteiger partial charge in [-0.15, -0.1) is 0 Å². The number of piperidine rings is 1. The number of carbonyl (C=O) groups excluding carboxylic acids is 1. The molecule has 1 fully saturated rings. The predicted octanol–water partition coefficient (Wildman–Crippen LogP) is 0.336. The number of rotatable bonds is 4. The number of aliphatic hydroxyl groups is 1. The summed E-state index contributed by atoms with van der Waals surface area (Å²) >= 11 is 0. The molecule has 0 aromatic carbocycles. The fourth-order valence-corrected chi connectivity index (χ4v) is 2.76. The highest BCUT2D eigenvalue weighted by molar-refractivity contribution is 5.93. The number of nitrogens with one attached hydrogen (secondary N) is 1. The molecule has 0 spiro atoms. The monoisotopic (exact) mass is 328 g/mol. The third-order valence-electron chi connectivity index (χ3n) is 4.05. The summed E-state index contributed by atoms with van der Waals surface area (Å²) in [7, 11) is 0. The van der Waals surface area contributed by atoms with E-state index in [9.17, 15) is 9.90 Å². The maximum absolute atomic E-state index is 12.2. The minimum atomic E-state index is -1.00. The second kappa shape index (κ2) is 6.88. The van der Waals surface area contributed by atoms with Gasteiger partial charge in [0.15, 0.2) is 0 Å². The van der Waals surface area contributed by atoms with E-state index in [1.165, 1.54) is 12.4 Å². The first-order chi connectivity index (χ1) is 11.6. The summed E-state index contributed by atoms with van der Waals surface area (Å²) < 4.78 is 0. The molecule has 2 N–H and O–H groups in total. The van der Waals surface area contributed by atoms with E-state index < -0.39 is 5.60 Å². The summed E-state index contributed by atoms with van der Waals surface area (Å²) in [5.74, 6) is 1.05. The zero-order valence-electron chi connectivity index (χ0n) is 13.5. The molecule has 2 aromatic heterocycles. The highest BCUT2D eigenvalue weighted by atomic mass is 16.3. The summed E-state index contributed by atoms with van der Waals surface area (Å²) in [6, 6.07) is 0. The first-order valence-corrected chi connectivity index (χ1v) is 7.86. The molecule has 8 nitrogen and oxygen atoms in total. The Kier molecular flexibility index (Phi) is 4.66. The Bertz CT molecular complexity index is 693. The summed E-state index contributed by atoms with van der Waals surface area (Å²) in [4.78, 5) is 30.5. The first-order valence-electron chi connectivity index (χ1n) is 7.86. The number of hydrogen-bond donors (Lipinski definition) is 2. The van der Waals surface area contributed by atoms with Gasteiger partial charge in [-0.2, -0.15) is 0 Å². The van der Waals surface area contributed by atoms with Crippen LogP contribution in [-0.4, -0.2) is 56.2 Å². The molecule has 2 aromatic rings. The summed E-state index contributed by atoms with van der Waals surface area (Å²) in [5, 5.41) is 13.6. The number of aromatic nitrogens is 4. The van der Waals surface area contributed by atoms with Crippen LogP contribution >= 0.6 is 0 Å². The average molecular weight is 328 g/mol. The zero-order valence-corrected chi connectivity index (χ0v) is 13.5. The van der Waals surface area contributed by atoms with Crippen LogP contribution in [-0.2, 0) is 0 Å². The number of hydrogen-bond acceptors (Lipinski definition) is 7. The van der Waals surface area contributed by atoms with Crippen LogP contribution in [0.15, 0.2) is 31.0 Å². The largest absolute Gasteiger partial charge is 0.386 e. The standard InChI is InChI=1S/C16H20N6O2/c1-12-19-7-13(8-20-12)15(23)21-10-16(24)3-2-6-22(11-16)14-9-17-4-5-18-14/h4-5,7-9,24H,2-3,6,10-11H2,1H3,(H,21,23). The van der Waals surface area contributed by atoms with Gasteiger partial charge in [0.05, 0.1) is 17.4 Å². The van der Waals surface area contributed by atoms with Crippen LogP contribution in [0.4, 0.5) is 5.82 Å². The quantitative estimate of drug-likeness (QED) is 0.834. The molecule has 1 unspecified atom stereocenters. The van der Waals surface area contributed by atoms with Crippen LogP contribution in [0.1, 0.15) is 29.0 Å². The van der Waals surface area contributed by atoms with Gasteiger partial charge in [-0.25, -0.2) is 15.0 Å². The first kappa shape index (κ1) is 16.3. The molecule has 0 radical (unpaired) electrons. The van der Waals surface area contributed by atoms with Crippen LogP contribution < -0.4 is 10.2 Å². The lowest BCUT2D eigenvalue weighted by atomic mass is 9.92. The summed E-state index contributed by atoms with van der Waals surface area (Å²) in [6.07, 6.45) is 9.31. The third kappa shape index (κ3) is 3.83. The number of aryl methyl sites for hydroxylation is 1. The van der Waals surface area contributed by atoms with Gasteiger partial charge in [0, 0.05) is 44.4 Å². The van der Waals surface area contributed by atoms with Crippen molar-refractivity contribution in [3.05, 3.63) is 42.4 Å². The Morgan fingerprint density at radius 2 is 2.08 bits per heavy atom. The molecule has 0 bridgehead atoms. The number of anilines is 1. The van der Waals surface area contributed by atoms with E-state index >= 15 is 0 Å². The Balaban J connectivity index is 1.61. The molecular weight excluding hydrogens is 308 g/mol. The Hall–Kier alpha value is -2.61. The van der Waals surface area contributed by atoms with Gasteiger partial charge in [0.25, 0.3) is 5.91 Å². The predicted molar refractivity (Wildman–Crippen MR) is 87.5 cm³/mol. The maximum atomic E-state index is 12.2. The fraction of sp³-hybridized carbons (Fsp3) is 0.438. The molecule has 0 aliphatic carbocycles. The molecule has 1 saturated heterocycles. The lowest BCUT2D eigenvalue weighted by Crippen LogP contribution is -2.54. The zero-order chi connectivity index (χ0) is 17.0. The van der Waals surface area contributed by atoms with E-state index in [-0.39, 0.29) is 12.5 Å². The molecule has 1 aliphatic heterocycles. The van der Waals surface area contributed by atoms with Crippen molar-refractivity contribution < 1.29 is 9.90 Å². The van der Waals surface area contributed by atoms with Crippen molar-refractivity contribution in [3.8, 4) is 0 Å². The highest BCUT2D eigenvalue weighted by Gasteiger charge is 2.34. The molecule has 1 aliphatic rings. The third-order valence-corrected chi connectivity index (χ3v) is 4.05. The number of β-amino-alcohol motifs (C(OH)–C–C–N with tert-alkyl or cyclic N) is 1. The summed E-state index contributed by atoms with van der Waals surface area (Å²) in [6.45, 7) is 3.13. The van der Waals surface area contributed by atoms with Gasteiger partial charge in [-0.05, 0) is 19.8 Å². The van der Waals surface area contributed by atoms with Gasteiger partial charge in [-0.1, -0.05) is 0 Å². The number of nitrogens with zero attached hydrogens (tertiary/aromatic N) is 5. The van der Waals surface area contributed by atoms with Gasteiger partial charge < -0.3 is 15.3 Å². The molecule has 8 heteroatoms. The minimum Gasteiger partial charge on any atom is -0.386 e. The van der Waals surface area contributed by atoms with Crippen molar-refractivity contribution in [2.45, 2.75) is 25.4 Å². The molecule has 24 heavy (non-hydrogen) atoms. The van der Waals surface area contributed by atoms with E-state index in [0.717, 1.165) is 18.8 Å². The Morgan fingerprint density at radius 3 is 2.79 bits per heavy atom. The second-order valence-electron chi connectivity index (χ2n) is 6.01. The smallest absolute Gasteiger partial charge is 0.254 e. The number of amides is 1. The molecule has 3 rings (SSSR count). The Morgan fingerprint density at radius 1 is 1.29 bits per heavy atom. The summed E-state index contributed by atoms with van der Waals surface area (Å²) in [5.41, 5.74) is -0.623. The molecule has 126 valence electrons. The molecule has 0 saturated carbocycles. The molecular formula is C16H20N6O2. The van der Waals surface area contributed by atoms with E-state index in [4.69, 9.17) is 0 Å². The number of carbonyl (C=O) groups is 1. The topological polar surface area (TPSA) is 104 Å². The fourth-order valence-electron chi connectivity index (χ4n) is 2.76. The van der Waals surface area contributed by atoms with Crippen molar-refractivity contribution in [3.63, 3.8) is 0 Å². The average Bonchev–Trinajstić information content (AvgIpc) is 2.61. The van der Waals surface area contributed by atoms with Crippen LogP contribution in [0.3, 0.4) is 0 Å². The van der Waals surface area contributed by atoms with Crippen molar-refractivity contribution in [2.75, 3.05) is 24.5 Å². The van der Waals surface area contributed by atoms with Gasteiger partial charge >= 0.3 is 0 Å². The maximum Gasteiger partial charge on any atom is 0.254 e. The lowest BCUT2D eigenvalue weighted by molar-refractivity contribution is 0.0254. The van der Waals surface area contributed by atoms with Crippen LogP contribution in [0.2, 0.25) is 0 Å². The van der Waals surface area contributed by atoms with Crippen molar-refractivity contribution in [1.82, 2.24) is 25.3 Å². The molecule has 1 amide bonds.